The molecule has 6 nitrogen and oxygen atoms in total. The van der Waals surface area contributed by atoms with Crippen LogP contribution in [0.1, 0.15) is 23.7 Å². The predicted octanol–water partition coefficient (Wildman–Crippen LogP) is 0.249. The molecule has 1 aliphatic rings. The zero-order chi connectivity index (χ0) is 16.4. The summed E-state index contributed by atoms with van der Waals surface area (Å²) >= 11 is 0. The van der Waals surface area contributed by atoms with Gasteiger partial charge in [-0.3, -0.25) is 9.59 Å². The average molecular weight is 328 g/mol. The van der Waals surface area contributed by atoms with E-state index >= 15 is 0 Å². The third kappa shape index (κ3) is 4.27. The van der Waals surface area contributed by atoms with Crippen LogP contribution in [-0.4, -0.2) is 43.8 Å². The van der Waals surface area contributed by atoms with Gasteiger partial charge in [-0.05, 0) is 31.5 Å². The van der Waals surface area contributed by atoms with Crippen molar-refractivity contribution >= 4 is 21.7 Å². The van der Waals surface area contributed by atoms with Gasteiger partial charge in [-0.25, -0.2) is 12.8 Å². The molecule has 2 N–H and O–H groups in total. The van der Waals surface area contributed by atoms with E-state index in [-0.39, 0.29) is 23.6 Å². The third-order valence-electron chi connectivity index (χ3n) is 3.44. The molecule has 1 fully saturated rings. The van der Waals surface area contributed by atoms with Crippen LogP contribution in [0.2, 0.25) is 0 Å². The lowest BCUT2D eigenvalue weighted by molar-refractivity contribution is -0.121. The Hall–Kier alpha value is -1.96. The molecule has 0 spiro atoms. The van der Waals surface area contributed by atoms with Crippen molar-refractivity contribution in [1.82, 2.24) is 10.6 Å². The van der Waals surface area contributed by atoms with E-state index in [1.54, 1.807) is 6.92 Å². The first-order valence-corrected chi connectivity index (χ1v) is 8.56. The Morgan fingerprint density at radius 1 is 1.36 bits per heavy atom. The van der Waals surface area contributed by atoms with E-state index < -0.39 is 33.0 Å². The smallest absolute Gasteiger partial charge is 0.251 e. The fraction of sp³-hybridized carbons (Fsp3) is 0.429. The van der Waals surface area contributed by atoms with Crippen LogP contribution in [0.5, 0.6) is 0 Å². The molecule has 120 valence electrons. The van der Waals surface area contributed by atoms with Gasteiger partial charge in [0, 0.05) is 5.56 Å². The molecule has 0 radical (unpaired) electrons. The molecule has 2 amide bonds. The number of carbonyl (C=O) groups is 2. The van der Waals surface area contributed by atoms with Crippen LogP contribution in [-0.2, 0) is 14.6 Å². The SMILES string of the molecule is CC1(NC(=O)CNC(=O)c2cccc(F)c2)CCS(=O)(=O)C1. The van der Waals surface area contributed by atoms with Gasteiger partial charge in [-0.15, -0.1) is 0 Å². The van der Waals surface area contributed by atoms with Crippen LogP contribution < -0.4 is 10.6 Å². The van der Waals surface area contributed by atoms with Gasteiger partial charge < -0.3 is 10.6 Å². The van der Waals surface area contributed by atoms with Gasteiger partial charge in [-0.2, -0.15) is 0 Å². The molecular weight excluding hydrogens is 311 g/mol. The summed E-state index contributed by atoms with van der Waals surface area (Å²) in [6.07, 6.45) is 0.346. The summed E-state index contributed by atoms with van der Waals surface area (Å²) in [5.41, 5.74) is -0.693. The normalized spacial score (nSPS) is 23.0. The summed E-state index contributed by atoms with van der Waals surface area (Å²) in [7, 11) is -3.12. The average Bonchev–Trinajstić information content (AvgIpc) is 2.69. The van der Waals surface area contributed by atoms with Crippen molar-refractivity contribution in [3.05, 3.63) is 35.6 Å². The van der Waals surface area contributed by atoms with Crippen molar-refractivity contribution in [3.63, 3.8) is 0 Å². The Kier molecular flexibility index (Phi) is 4.50. The third-order valence-corrected chi connectivity index (χ3v) is 5.34. The van der Waals surface area contributed by atoms with Crippen molar-refractivity contribution in [2.45, 2.75) is 18.9 Å². The Morgan fingerprint density at radius 2 is 2.09 bits per heavy atom. The quantitative estimate of drug-likeness (QED) is 0.829. The minimum absolute atomic E-state index is 0.0411. The van der Waals surface area contributed by atoms with Crippen molar-refractivity contribution in [1.29, 1.82) is 0 Å². The van der Waals surface area contributed by atoms with Crippen LogP contribution in [0.4, 0.5) is 4.39 Å². The standard InChI is InChI=1S/C14H17FN2O4S/c1-14(5-6-22(20,21)9-14)17-12(18)8-16-13(19)10-3-2-4-11(15)7-10/h2-4,7H,5-6,8-9H2,1H3,(H,16,19)(H,17,18). The molecule has 22 heavy (non-hydrogen) atoms. The zero-order valence-corrected chi connectivity index (χ0v) is 12.9. The summed E-state index contributed by atoms with van der Waals surface area (Å²) in [5, 5.41) is 4.99. The van der Waals surface area contributed by atoms with E-state index in [1.165, 1.54) is 18.2 Å². The molecule has 1 saturated heterocycles. The summed E-state index contributed by atoms with van der Waals surface area (Å²) in [6.45, 7) is 1.36. The second kappa shape index (κ2) is 6.04. The van der Waals surface area contributed by atoms with E-state index in [2.05, 4.69) is 10.6 Å². The van der Waals surface area contributed by atoms with E-state index in [0.717, 1.165) is 6.07 Å². The number of rotatable bonds is 4. The number of hydrogen-bond donors (Lipinski definition) is 2. The fourth-order valence-electron chi connectivity index (χ4n) is 2.38. The maximum absolute atomic E-state index is 13.0. The molecule has 0 saturated carbocycles. The Bertz CT molecular complexity index is 705. The van der Waals surface area contributed by atoms with Gasteiger partial charge in [0.25, 0.3) is 5.91 Å². The molecule has 8 heteroatoms. The first-order valence-electron chi connectivity index (χ1n) is 6.74. The van der Waals surface area contributed by atoms with Gasteiger partial charge in [0.15, 0.2) is 9.84 Å². The molecule has 1 aliphatic heterocycles. The maximum Gasteiger partial charge on any atom is 0.251 e. The number of amides is 2. The molecule has 0 aliphatic carbocycles. The lowest BCUT2D eigenvalue weighted by Gasteiger charge is -2.23. The molecule has 0 bridgehead atoms. The second-order valence-electron chi connectivity index (χ2n) is 5.64. The highest BCUT2D eigenvalue weighted by Gasteiger charge is 2.39. The molecule has 1 heterocycles. The number of sulfone groups is 1. The Balaban J connectivity index is 1.87. The van der Waals surface area contributed by atoms with Crippen LogP contribution in [0, 0.1) is 5.82 Å². The summed E-state index contributed by atoms with van der Waals surface area (Å²) < 4.78 is 35.9. The number of halogens is 1. The minimum atomic E-state index is -3.12. The lowest BCUT2D eigenvalue weighted by atomic mass is 10.0. The van der Waals surface area contributed by atoms with Gasteiger partial charge in [0.1, 0.15) is 5.82 Å². The Morgan fingerprint density at radius 3 is 2.68 bits per heavy atom. The Labute approximate surface area is 128 Å². The molecule has 1 atom stereocenters. The predicted molar refractivity (Wildman–Crippen MR) is 78.6 cm³/mol. The summed E-state index contributed by atoms with van der Waals surface area (Å²) in [6, 6.07) is 5.11. The number of nitrogens with one attached hydrogen (secondary N) is 2. The highest BCUT2D eigenvalue weighted by Crippen LogP contribution is 2.22. The molecule has 1 aromatic rings. The first kappa shape index (κ1) is 16.4. The minimum Gasteiger partial charge on any atom is -0.348 e. The highest BCUT2D eigenvalue weighted by molar-refractivity contribution is 7.91. The lowest BCUT2D eigenvalue weighted by Crippen LogP contribution is -2.50. The van der Waals surface area contributed by atoms with E-state index in [9.17, 15) is 22.4 Å². The van der Waals surface area contributed by atoms with Crippen LogP contribution in [0.25, 0.3) is 0 Å². The summed E-state index contributed by atoms with van der Waals surface area (Å²) in [5.74, 6) is -1.66. The van der Waals surface area contributed by atoms with Crippen molar-refractivity contribution < 1.29 is 22.4 Å². The summed E-state index contributed by atoms with van der Waals surface area (Å²) in [4.78, 5) is 23.6. The largest absolute Gasteiger partial charge is 0.348 e. The maximum atomic E-state index is 13.0. The topological polar surface area (TPSA) is 92.3 Å². The molecule has 2 rings (SSSR count). The van der Waals surface area contributed by atoms with Gasteiger partial charge in [0.2, 0.25) is 5.91 Å². The van der Waals surface area contributed by atoms with Crippen molar-refractivity contribution in [2.75, 3.05) is 18.1 Å². The highest BCUT2D eigenvalue weighted by atomic mass is 32.2. The van der Waals surface area contributed by atoms with E-state index in [1.807, 2.05) is 0 Å². The second-order valence-corrected chi connectivity index (χ2v) is 7.83. The number of carbonyl (C=O) groups excluding carboxylic acids is 2. The monoisotopic (exact) mass is 328 g/mol. The van der Waals surface area contributed by atoms with Crippen LogP contribution in [0.3, 0.4) is 0 Å². The van der Waals surface area contributed by atoms with Crippen LogP contribution in [0.15, 0.2) is 24.3 Å². The van der Waals surface area contributed by atoms with Crippen molar-refractivity contribution in [2.24, 2.45) is 0 Å². The number of benzene rings is 1. The van der Waals surface area contributed by atoms with Gasteiger partial charge in [0.05, 0.1) is 23.6 Å². The van der Waals surface area contributed by atoms with Crippen LogP contribution >= 0.6 is 0 Å². The molecule has 1 aromatic carbocycles. The first-order chi connectivity index (χ1) is 10.2. The molecule has 1 unspecified atom stereocenters. The van der Waals surface area contributed by atoms with Gasteiger partial charge >= 0.3 is 0 Å². The fourth-order valence-corrected chi connectivity index (χ4v) is 4.48. The van der Waals surface area contributed by atoms with E-state index in [4.69, 9.17) is 0 Å². The number of hydrogen-bond acceptors (Lipinski definition) is 4. The van der Waals surface area contributed by atoms with E-state index in [0.29, 0.717) is 6.42 Å². The molecular formula is C14H17FN2O4S. The van der Waals surface area contributed by atoms with Gasteiger partial charge in [-0.1, -0.05) is 6.07 Å². The molecule has 0 aromatic heterocycles. The zero-order valence-electron chi connectivity index (χ0n) is 12.1. The van der Waals surface area contributed by atoms with Crippen molar-refractivity contribution in [3.8, 4) is 0 Å².